The highest BCUT2D eigenvalue weighted by atomic mass is 32.1. The first kappa shape index (κ1) is 14.3. The molecule has 114 valence electrons. The molecule has 3 heterocycles. The van der Waals surface area contributed by atoms with E-state index in [2.05, 4.69) is 15.1 Å². The lowest BCUT2D eigenvalue weighted by atomic mass is 10.2. The minimum atomic E-state index is -4.32. The Balaban J connectivity index is 1.80. The van der Waals surface area contributed by atoms with Gasteiger partial charge in [-0.25, -0.2) is 14.6 Å². The zero-order valence-corrected chi connectivity index (χ0v) is 11.6. The molecule has 0 N–H and O–H groups in total. The van der Waals surface area contributed by atoms with E-state index in [4.69, 9.17) is 4.74 Å². The number of morpholine rings is 1. The van der Waals surface area contributed by atoms with Crippen LogP contribution in [-0.4, -0.2) is 45.7 Å². The third kappa shape index (κ3) is 3.32. The van der Waals surface area contributed by atoms with Gasteiger partial charge in [-0.1, -0.05) is 0 Å². The van der Waals surface area contributed by atoms with E-state index in [1.54, 1.807) is 6.20 Å². The van der Waals surface area contributed by atoms with E-state index >= 15 is 0 Å². The fourth-order valence-corrected chi connectivity index (χ4v) is 2.84. The number of thiazole rings is 1. The molecule has 0 aromatic carbocycles. The molecule has 6 nitrogen and oxygen atoms in total. The molecule has 1 aliphatic rings. The largest absolute Gasteiger partial charge is 0.408 e. The summed E-state index contributed by atoms with van der Waals surface area (Å²) in [5.74, 6) is 0.314. The summed E-state index contributed by atoms with van der Waals surface area (Å²) in [4.78, 5) is 10.2. The molecule has 1 unspecified atom stereocenters. The molecule has 2 aromatic rings. The highest BCUT2D eigenvalue weighted by Crippen LogP contribution is 2.29. The Morgan fingerprint density at radius 2 is 2.24 bits per heavy atom. The predicted octanol–water partition coefficient (Wildman–Crippen LogP) is 1.87. The van der Waals surface area contributed by atoms with E-state index in [0.29, 0.717) is 25.6 Å². The van der Waals surface area contributed by atoms with Gasteiger partial charge in [0.05, 0.1) is 13.2 Å². The first-order valence-electron chi connectivity index (χ1n) is 6.23. The van der Waals surface area contributed by atoms with Gasteiger partial charge in [0.1, 0.15) is 18.9 Å². The van der Waals surface area contributed by atoms with Crippen molar-refractivity contribution in [3.63, 3.8) is 0 Å². The Hall–Kier alpha value is -1.68. The van der Waals surface area contributed by atoms with E-state index in [1.165, 1.54) is 11.3 Å². The maximum atomic E-state index is 12.4. The second-order valence-corrected chi connectivity index (χ2v) is 5.39. The first-order chi connectivity index (χ1) is 10.0. The standard InChI is InChI=1S/C11H12F3N5OS/c12-11(13,14)6-18-7-16-9(17-18)8-5-20-3-2-19(8)10-15-1-4-21-10/h1,4,7-8H,2-3,5-6H2. The van der Waals surface area contributed by atoms with Crippen LogP contribution in [0, 0.1) is 0 Å². The van der Waals surface area contributed by atoms with Crippen LogP contribution in [0.25, 0.3) is 0 Å². The number of hydrogen-bond donors (Lipinski definition) is 0. The molecule has 0 amide bonds. The normalized spacial score (nSPS) is 20.0. The minimum absolute atomic E-state index is 0.314. The van der Waals surface area contributed by atoms with Gasteiger partial charge in [0.25, 0.3) is 0 Å². The van der Waals surface area contributed by atoms with E-state index in [0.717, 1.165) is 16.1 Å². The molecule has 1 atom stereocenters. The fourth-order valence-electron chi connectivity index (χ4n) is 2.13. The zero-order chi connectivity index (χ0) is 14.9. The number of alkyl halides is 3. The third-order valence-corrected chi connectivity index (χ3v) is 3.80. The van der Waals surface area contributed by atoms with Gasteiger partial charge >= 0.3 is 6.18 Å². The Kier molecular flexibility index (Phi) is 3.81. The Morgan fingerprint density at radius 3 is 2.95 bits per heavy atom. The summed E-state index contributed by atoms with van der Waals surface area (Å²) in [5, 5.41) is 6.55. The van der Waals surface area contributed by atoms with Gasteiger partial charge in [-0.05, 0) is 0 Å². The summed E-state index contributed by atoms with van der Waals surface area (Å²) in [5.41, 5.74) is 0. The second kappa shape index (κ2) is 5.60. The number of ether oxygens (including phenoxy) is 1. The van der Waals surface area contributed by atoms with Gasteiger partial charge in [0.2, 0.25) is 0 Å². The van der Waals surface area contributed by atoms with Crippen molar-refractivity contribution in [1.82, 2.24) is 19.7 Å². The van der Waals surface area contributed by atoms with Gasteiger partial charge in [0, 0.05) is 18.1 Å². The zero-order valence-electron chi connectivity index (χ0n) is 10.8. The number of hydrogen-bond acceptors (Lipinski definition) is 6. The van der Waals surface area contributed by atoms with Crippen molar-refractivity contribution in [3.8, 4) is 0 Å². The van der Waals surface area contributed by atoms with Crippen LogP contribution in [0.3, 0.4) is 0 Å². The lowest BCUT2D eigenvalue weighted by molar-refractivity contribution is -0.142. The summed E-state index contributed by atoms with van der Waals surface area (Å²) < 4.78 is 43.3. The number of aromatic nitrogens is 4. The highest BCUT2D eigenvalue weighted by molar-refractivity contribution is 7.13. The van der Waals surface area contributed by atoms with Gasteiger partial charge in [0.15, 0.2) is 11.0 Å². The summed E-state index contributed by atoms with van der Waals surface area (Å²) in [7, 11) is 0. The number of rotatable bonds is 3. The van der Waals surface area contributed by atoms with Crippen molar-refractivity contribution in [3.05, 3.63) is 23.7 Å². The molecule has 1 fully saturated rings. The highest BCUT2D eigenvalue weighted by Gasteiger charge is 2.32. The molecule has 3 rings (SSSR count). The minimum Gasteiger partial charge on any atom is -0.377 e. The molecule has 2 aromatic heterocycles. The Morgan fingerprint density at radius 1 is 1.38 bits per heavy atom. The van der Waals surface area contributed by atoms with Gasteiger partial charge in [-0.2, -0.15) is 18.3 Å². The average molecular weight is 319 g/mol. The molecular weight excluding hydrogens is 307 g/mol. The lowest BCUT2D eigenvalue weighted by Gasteiger charge is -2.33. The number of anilines is 1. The van der Waals surface area contributed by atoms with Crippen molar-refractivity contribution in [1.29, 1.82) is 0 Å². The van der Waals surface area contributed by atoms with Crippen LogP contribution in [0.5, 0.6) is 0 Å². The lowest BCUT2D eigenvalue weighted by Crippen LogP contribution is -2.40. The van der Waals surface area contributed by atoms with Crippen LogP contribution in [0.15, 0.2) is 17.9 Å². The molecule has 0 saturated carbocycles. The van der Waals surface area contributed by atoms with E-state index in [1.807, 2.05) is 10.3 Å². The molecule has 0 aliphatic carbocycles. The van der Waals surface area contributed by atoms with Crippen molar-refractivity contribution in [2.75, 3.05) is 24.7 Å². The van der Waals surface area contributed by atoms with E-state index in [9.17, 15) is 13.2 Å². The SMILES string of the molecule is FC(F)(F)Cn1cnc(C2COCCN2c2nccs2)n1. The van der Waals surface area contributed by atoms with Crippen LogP contribution >= 0.6 is 11.3 Å². The molecule has 10 heteroatoms. The fraction of sp³-hybridized carbons (Fsp3) is 0.545. The molecular formula is C11H12F3N5OS. The van der Waals surface area contributed by atoms with Crippen LogP contribution < -0.4 is 4.90 Å². The molecule has 0 bridgehead atoms. The summed E-state index contributed by atoms with van der Waals surface area (Å²) in [6, 6.07) is -0.320. The molecule has 0 radical (unpaired) electrons. The summed E-state index contributed by atoms with van der Waals surface area (Å²) in [6.07, 6.45) is -1.54. The van der Waals surface area contributed by atoms with Crippen molar-refractivity contribution in [2.45, 2.75) is 18.8 Å². The topological polar surface area (TPSA) is 56.1 Å². The maximum Gasteiger partial charge on any atom is 0.408 e. The number of halogens is 3. The maximum absolute atomic E-state index is 12.4. The Labute approximate surface area is 122 Å². The first-order valence-corrected chi connectivity index (χ1v) is 7.11. The molecule has 1 saturated heterocycles. The number of nitrogens with zero attached hydrogens (tertiary/aromatic N) is 5. The molecule has 21 heavy (non-hydrogen) atoms. The monoisotopic (exact) mass is 319 g/mol. The third-order valence-electron chi connectivity index (χ3n) is 2.99. The smallest absolute Gasteiger partial charge is 0.377 e. The molecule has 1 aliphatic heterocycles. The van der Waals surface area contributed by atoms with Gasteiger partial charge in [-0.3, -0.25) is 0 Å². The van der Waals surface area contributed by atoms with Crippen molar-refractivity contribution >= 4 is 16.5 Å². The second-order valence-electron chi connectivity index (χ2n) is 4.51. The van der Waals surface area contributed by atoms with Crippen LogP contribution in [0.4, 0.5) is 18.3 Å². The van der Waals surface area contributed by atoms with E-state index in [-0.39, 0.29) is 6.04 Å². The van der Waals surface area contributed by atoms with E-state index < -0.39 is 12.7 Å². The summed E-state index contributed by atoms with van der Waals surface area (Å²) in [6.45, 7) is 0.325. The predicted molar refractivity (Wildman–Crippen MR) is 69.1 cm³/mol. The Bertz CT molecular complexity index is 585. The quantitative estimate of drug-likeness (QED) is 0.864. The van der Waals surface area contributed by atoms with Gasteiger partial charge < -0.3 is 9.64 Å². The van der Waals surface area contributed by atoms with Gasteiger partial charge in [-0.15, -0.1) is 11.3 Å². The average Bonchev–Trinajstić information content (AvgIpc) is 3.07. The molecule has 0 spiro atoms. The van der Waals surface area contributed by atoms with Crippen molar-refractivity contribution in [2.24, 2.45) is 0 Å². The summed E-state index contributed by atoms with van der Waals surface area (Å²) >= 11 is 1.46. The van der Waals surface area contributed by atoms with Crippen molar-refractivity contribution < 1.29 is 17.9 Å². The van der Waals surface area contributed by atoms with Crippen LogP contribution in [0.2, 0.25) is 0 Å². The van der Waals surface area contributed by atoms with Crippen LogP contribution in [0.1, 0.15) is 11.9 Å². The van der Waals surface area contributed by atoms with Crippen LogP contribution in [-0.2, 0) is 11.3 Å².